The highest BCUT2D eigenvalue weighted by atomic mass is 35.5. The van der Waals surface area contributed by atoms with E-state index in [1.54, 1.807) is 4.52 Å². The summed E-state index contributed by atoms with van der Waals surface area (Å²) >= 11 is 12.9. The Hall–Kier alpha value is -2.30. The fourth-order valence-electron chi connectivity index (χ4n) is 3.35. The molecule has 0 amide bonds. The number of halogens is 2. The van der Waals surface area contributed by atoms with Crippen LogP contribution in [-0.2, 0) is 0 Å². The van der Waals surface area contributed by atoms with Gasteiger partial charge < -0.3 is 5.21 Å². The summed E-state index contributed by atoms with van der Waals surface area (Å²) < 4.78 is 1.56. The van der Waals surface area contributed by atoms with E-state index in [-0.39, 0.29) is 0 Å². The van der Waals surface area contributed by atoms with Crippen LogP contribution in [0.2, 0.25) is 10.0 Å². The lowest BCUT2D eigenvalue weighted by Gasteiger charge is -2.14. The van der Waals surface area contributed by atoms with Crippen molar-refractivity contribution in [2.75, 3.05) is 0 Å². The Kier molecular flexibility index (Phi) is 3.63. The van der Waals surface area contributed by atoms with Crippen LogP contribution in [0, 0.1) is 26.0 Å². The average molecular weight is 372 g/mol. The van der Waals surface area contributed by atoms with Crippen LogP contribution in [0.15, 0.2) is 36.4 Å². The van der Waals surface area contributed by atoms with Gasteiger partial charge in [-0.2, -0.15) is 0 Å². The molecule has 25 heavy (non-hydrogen) atoms. The maximum Gasteiger partial charge on any atom is 0.356 e. The molecular formula is C19H15Cl2N3O. The van der Waals surface area contributed by atoms with Crippen LogP contribution in [0.3, 0.4) is 0 Å². The van der Waals surface area contributed by atoms with Gasteiger partial charge in [-0.1, -0.05) is 41.4 Å². The summed E-state index contributed by atoms with van der Waals surface area (Å²) in [7, 11) is 0. The van der Waals surface area contributed by atoms with E-state index in [2.05, 4.69) is 4.98 Å². The number of nitrogens with zero attached hydrogens (tertiary/aromatic N) is 3. The molecule has 0 aliphatic rings. The average Bonchev–Trinajstić information content (AvgIpc) is 2.95. The van der Waals surface area contributed by atoms with Crippen molar-refractivity contribution in [3.05, 3.63) is 68.3 Å². The first-order chi connectivity index (χ1) is 11.9. The molecule has 0 fully saturated rings. The highest BCUT2D eigenvalue weighted by Gasteiger charge is 2.27. The summed E-state index contributed by atoms with van der Waals surface area (Å²) in [4.78, 5) is 5.38. The van der Waals surface area contributed by atoms with Crippen LogP contribution < -0.4 is 4.85 Å². The first-order valence-corrected chi connectivity index (χ1v) is 8.62. The van der Waals surface area contributed by atoms with E-state index in [1.807, 2.05) is 57.2 Å². The minimum absolute atomic E-state index is 0.301. The van der Waals surface area contributed by atoms with Crippen LogP contribution in [0.25, 0.3) is 27.9 Å². The van der Waals surface area contributed by atoms with E-state index < -0.39 is 0 Å². The molecule has 4 rings (SSSR count). The third kappa shape index (κ3) is 2.21. The molecule has 2 aromatic heterocycles. The molecule has 0 spiro atoms. The lowest BCUT2D eigenvalue weighted by molar-refractivity contribution is -0.664. The van der Waals surface area contributed by atoms with E-state index >= 15 is 0 Å². The van der Waals surface area contributed by atoms with E-state index in [9.17, 15) is 5.21 Å². The smallest absolute Gasteiger partial charge is 0.356 e. The van der Waals surface area contributed by atoms with Crippen LogP contribution in [0.5, 0.6) is 0 Å². The SMILES string of the molecule is Cc1c(Cl)c(C)c(-c2nc3ccc4ccccc4n3[n+]2[O-])c(C)c1Cl. The van der Waals surface area contributed by atoms with Crippen molar-refractivity contribution in [2.45, 2.75) is 20.8 Å². The van der Waals surface area contributed by atoms with Crippen LogP contribution in [0.4, 0.5) is 0 Å². The highest BCUT2D eigenvalue weighted by Crippen LogP contribution is 2.38. The molecule has 0 aliphatic heterocycles. The summed E-state index contributed by atoms with van der Waals surface area (Å²) in [6, 6.07) is 11.5. The fraction of sp³-hybridized carbons (Fsp3) is 0.158. The normalized spacial score (nSPS) is 11.6. The molecule has 0 unspecified atom stereocenters. The van der Waals surface area contributed by atoms with Gasteiger partial charge in [0.25, 0.3) is 5.65 Å². The number of hydrogen-bond donors (Lipinski definition) is 0. The fourth-order valence-corrected chi connectivity index (χ4v) is 3.77. The maximum atomic E-state index is 13.1. The predicted molar refractivity (Wildman–Crippen MR) is 101 cm³/mol. The highest BCUT2D eigenvalue weighted by molar-refractivity contribution is 6.37. The third-order valence-electron chi connectivity index (χ3n) is 4.67. The van der Waals surface area contributed by atoms with Gasteiger partial charge in [0.15, 0.2) is 0 Å². The van der Waals surface area contributed by atoms with E-state index in [4.69, 9.17) is 23.2 Å². The minimum atomic E-state index is 0.301. The summed E-state index contributed by atoms with van der Waals surface area (Å²) in [6.07, 6.45) is 0. The minimum Gasteiger partial charge on any atom is -0.692 e. The Morgan fingerprint density at radius 1 is 0.920 bits per heavy atom. The number of benzene rings is 2. The number of aromatic nitrogens is 3. The molecule has 0 saturated carbocycles. The number of pyridine rings is 1. The van der Waals surface area contributed by atoms with Crippen LogP contribution in [-0.4, -0.2) is 9.50 Å². The molecule has 0 atom stereocenters. The largest absolute Gasteiger partial charge is 0.692 e. The Morgan fingerprint density at radius 2 is 1.56 bits per heavy atom. The first kappa shape index (κ1) is 16.2. The van der Waals surface area contributed by atoms with Gasteiger partial charge in [-0.05, 0) is 54.6 Å². The Balaban J connectivity index is 2.14. The summed E-state index contributed by atoms with van der Waals surface area (Å²) in [5.74, 6) is 0.301. The standard InChI is InChI=1S/C19H15Cl2N3O/c1-10-16(11(2)18(21)12(3)17(10)20)19-22-15-9-8-13-6-4-5-7-14(13)23(15)24(19)25/h4-9H,1-3H3. The van der Waals surface area contributed by atoms with Crippen molar-refractivity contribution in [3.63, 3.8) is 0 Å². The monoisotopic (exact) mass is 371 g/mol. The second-order valence-electron chi connectivity index (χ2n) is 6.15. The molecular weight excluding hydrogens is 357 g/mol. The summed E-state index contributed by atoms with van der Waals surface area (Å²) in [5, 5.41) is 15.2. The molecule has 2 aromatic carbocycles. The zero-order chi connectivity index (χ0) is 17.9. The first-order valence-electron chi connectivity index (χ1n) is 7.87. The van der Waals surface area contributed by atoms with Gasteiger partial charge in [-0.3, -0.25) is 0 Å². The van der Waals surface area contributed by atoms with Gasteiger partial charge in [0.2, 0.25) is 0 Å². The van der Waals surface area contributed by atoms with Gasteiger partial charge in [0.1, 0.15) is 0 Å². The zero-order valence-corrected chi connectivity index (χ0v) is 15.5. The van der Waals surface area contributed by atoms with Crippen molar-refractivity contribution in [1.82, 2.24) is 9.50 Å². The van der Waals surface area contributed by atoms with Crippen LogP contribution in [0.1, 0.15) is 16.7 Å². The molecule has 4 nitrogen and oxygen atoms in total. The Bertz CT molecular complexity index is 1140. The van der Waals surface area contributed by atoms with Gasteiger partial charge in [-0.25, -0.2) is 0 Å². The van der Waals surface area contributed by atoms with Gasteiger partial charge >= 0.3 is 5.82 Å². The quantitative estimate of drug-likeness (QED) is 0.348. The lowest BCUT2D eigenvalue weighted by atomic mass is 9.99. The molecule has 0 N–H and O–H groups in total. The predicted octanol–water partition coefficient (Wildman–Crippen LogP) is 5.02. The van der Waals surface area contributed by atoms with Gasteiger partial charge in [0.05, 0.1) is 11.1 Å². The zero-order valence-electron chi connectivity index (χ0n) is 14.0. The number of hydrogen-bond acceptors (Lipinski definition) is 2. The van der Waals surface area contributed by atoms with Crippen molar-refractivity contribution in [1.29, 1.82) is 0 Å². The number of para-hydroxylation sites is 1. The summed E-state index contributed by atoms with van der Waals surface area (Å²) in [5.41, 5.74) is 4.48. The second kappa shape index (κ2) is 5.61. The van der Waals surface area contributed by atoms with Gasteiger partial charge in [-0.15, -0.1) is 9.36 Å². The summed E-state index contributed by atoms with van der Waals surface area (Å²) in [6.45, 7) is 5.64. The van der Waals surface area contributed by atoms with Crippen molar-refractivity contribution < 1.29 is 4.85 Å². The number of fused-ring (bicyclic) bond motifs is 3. The molecule has 6 heteroatoms. The molecule has 0 saturated heterocycles. The molecule has 0 bridgehead atoms. The van der Waals surface area contributed by atoms with Crippen molar-refractivity contribution >= 4 is 39.8 Å². The van der Waals surface area contributed by atoms with E-state index in [0.717, 1.165) is 32.4 Å². The lowest BCUT2D eigenvalue weighted by Crippen LogP contribution is -2.35. The molecule has 2 heterocycles. The van der Waals surface area contributed by atoms with E-state index in [0.29, 0.717) is 27.1 Å². The molecule has 126 valence electrons. The van der Waals surface area contributed by atoms with Gasteiger partial charge in [0, 0.05) is 21.5 Å². The van der Waals surface area contributed by atoms with Crippen molar-refractivity contribution in [3.8, 4) is 11.4 Å². The Morgan fingerprint density at radius 3 is 2.24 bits per heavy atom. The second-order valence-corrected chi connectivity index (χ2v) is 6.90. The third-order valence-corrected chi connectivity index (χ3v) is 5.80. The van der Waals surface area contributed by atoms with E-state index in [1.165, 1.54) is 0 Å². The number of rotatable bonds is 1. The van der Waals surface area contributed by atoms with Crippen LogP contribution >= 0.6 is 23.2 Å². The molecule has 4 aromatic rings. The topological polar surface area (TPSA) is 44.2 Å². The van der Waals surface area contributed by atoms with Crippen molar-refractivity contribution in [2.24, 2.45) is 0 Å². The molecule has 0 aliphatic carbocycles. The Labute approximate surface area is 154 Å². The maximum absolute atomic E-state index is 13.1. The molecule has 0 radical (unpaired) electrons.